The van der Waals surface area contributed by atoms with Gasteiger partial charge >= 0.3 is 0 Å². The van der Waals surface area contributed by atoms with Gasteiger partial charge in [0, 0.05) is 22.5 Å². The van der Waals surface area contributed by atoms with E-state index in [1.807, 2.05) is 119 Å². The Labute approximate surface area is 185 Å². The normalized spacial score (nSPS) is 17.0. The van der Waals surface area contributed by atoms with Crippen molar-refractivity contribution < 1.29 is 9.59 Å². The molecule has 0 saturated carbocycles. The number of ketones is 2. The lowest BCUT2D eigenvalue weighted by atomic mass is 10.1. The number of Topliss-reactive ketones (excluding diaryl/α,β-unsaturated/α-hetero) is 2. The van der Waals surface area contributed by atoms with Crippen molar-refractivity contribution >= 4 is 34.3 Å². The second-order valence-corrected chi connectivity index (χ2v) is 7.73. The highest BCUT2D eigenvalue weighted by atomic mass is 16.1. The number of fused-ring (bicyclic) bond motifs is 2. The van der Waals surface area contributed by atoms with Crippen LogP contribution in [0.1, 0.15) is 20.7 Å². The molecule has 0 atom stereocenters. The summed E-state index contributed by atoms with van der Waals surface area (Å²) in [5.41, 5.74) is 5.18. The lowest BCUT2D eigenvalue weighted by Crippen LogP contribution is -2.25. The van der Waals surface area contributed by atoms with Crippen LogP contribution < -0.4 is 9.80 Å². The third kappa shape index (κ3) is 2.56. The molecule has 2 heterocycles. The maximum Gasteiger partial charge on any atom is 0.214 e. The second kappa shape index (κ2) is 7.06. The topological polar surface area (TPSA) is 40.6 Å². The molecule has 152 valence electrons. The zero-order valence-electron chi connectivity index (χ0n) is 17.1. The van der Waals surface area contributed by atoms with Gasteiger partial charge in [-0.15, -0.1) is 0 Å². The van der Waals surface area contributed by atoms with E-state index in [0.717, 1.165) is 22.7 Å². The molecule has 0 spiro atoms. The van der Waals surface area contributed by atoms with Crippen LogP contribution in [-0.4, -0.2) is 11.6 Å². The number of hydrogen-bond acceptors (Lipinski definition) is 4. The summed E-state index contributed by atoms with van der Waals surface area (Å²) in [4.78, 5) is 31.3. The van der Waals surface area contributed by atoms with E-state index in [0.29, 0.717) is 22.5 Å². The molecular weight excluding hydrogens is 396 g/mol. The molecule has 0 saturated heterocycles. The van der Waals surface area contributed by atoms with E-state index in [4.69, 9.17) is 0 Å². The van der Waals surface area contributed by atoms with Gasteiger partial charge in [-0.2, -0.15) is 0 Å². The minimum atomic E-state index is -0.151. The van der Waals surface area contributed by atoms with E-state index in [2.05, 4.69) is 0 Å². The maximum absolute atomic E-state index is 13.8. The fourth-order valence-electron chi connectivity index (χ4n) is 4.54. The van der Waals surface area contributed by atoms with Gasteiger partial charge in [-0.1, -0.05) is 60.7 Å². The van der Waals surface area contributed by atoms with Gasteiger partial charge in [0.1, 0.15) is 11.4 Å². The number of carbonyl (C=O) groups is 2. The van der Waals surface area contributed by atoms with Gasteiger partial charge in [-0.05, 0) is 48.5 Å². The first-order valence-corrected chi connectivity index (χ1v) is 10.5. The molecule has 2 aliphatic rings. The van der Waals surface area contributed by atoms with Crippen LogP contribution >= 0.6 is 0 Å². The molecule has 32 heavy (non-hydrogen) atoms. The standard InChI is InChI=1S/C28H18N2O2/c31-27-21-15-7-9-17-23(21)29(19-11-3-1-4-12-19)25(27)26-28(32)22-16-8-10-18-24(22)30(26)20-13-5-2-6-14-20/h1-18H/b26-25+. The van der Waals surface area contributed by atoms with Crippen LogP contribution in [-0.2, 0) is 0 Å². The van der Waals surface area contributed by atoms with Crippen LogP contribution in [0.15, 0.2) is 121 Å². The van der Waals surface area contributed by atoms with E-state index >= 15 is 0 Å². The van der Waals surface area contributed by atoms with Crippen LogP contribution in [0.3, 0.4) is 0 Å². The summed E-state index contributed by atoms with van der Waals surface area (Å²) in [6, 6.07) is 34.4. The first-order valence-electron chi connectivity index (χ1n) is 10.5. The number of hydrogen-bond donors (Lipinski definition) is 0. The Bertz CT molecular complexity index is 1300. The van der Waals surface area contributed by atoms with Crippen molar-refractivity contribution in [3.05, 3.63) is 132 Å². The Morgan fingerprint density at radius 2 is 0.750 bits per heavy atom. The molecule has 4 heteroatoms. The minimum absolute atomic E-state index is 0.151. The van der Waals surface area contributed by atoms with Gasteiger partial charge in [0.05, 0.1) is 11.4 Å². The largest absolute Gasteiger partial charge is 0.304 e. The predicted octanol–water partition coefficient (Wildman–Crippen LogP) is 6.27. The number of nitrogens with zero attached hydrogens (tertiary/aromatic N) is 2. The lowest BCUT2D eigenvalue weighted by molar-refractivity contribution is 0.101. The molecule has 0 bridgehead atoms. The minimum Gasteiger partial charge on any atom is -0.304 e. The van der Waals surface area contributed by atoms with E-state index in [9.17, 15) is 9.59 Å². The third-order valence-corrected chi connectivity index (χ3v) is 5.91. The van der Waals surface area contributed by atoms with Gasteiger partial charge in [-0.25, -0.2) is 0 Å². The SMILES string of the molecule is O=C1/C(=C2/C(=O)c3ccccc3N2c2ccccc2)N(c2ccccc2)c2ccccc21. The quantitative estimate of drug-likeness (QED) is 0.363. The predicted molar refractivity (Wildman–Crippen MR) is 126 cm³/mol. The lowest BCUT2D eigenvalue weighted by Gasteiger charge is -2.26. The highest BCUT2D eigenvalue weighted by Crippen LogP contribution is 2.47. The molecule has 0 aliphatic carbocycles. The van der Waals surface area contributed by atoms with Crippen LogP contribution in [0.2, 0.25) is 0 Å². The summed E-state index contributed by atoms with van der Waals surface area (Å²) in [5.74, 6) is -0.303. The van der Waals surface area contributed by atoms with Crippen molar-refractivity contribution in [2.75, 3.05) is 9.80 Å². The molecule has 0 amide bonds. The summed E-state index contributed by atoms with van der Waals surface area (Å²) in [7, 11) is 0. The van der Waals surface area contributed by atoms with Gasteiger partial charge < -0.3 is 9.80 Å². The second-order valence-electron chi connectivity index (χ2n) is 7.73. The van der Waals surface area contributed by atoms with E-state index < -0.39 is 0 Å². The van der Waals surface area contributed by atoms with Crippen molar-refractivity contribution in [2.45, 2.75) is 0 Å². The molecule has 0 radical (unpaired) electrons. The third-order valence-electron chi connectivity index (χ3n) is 5.91. The average molecular weight is 414 g/mol. The summed E-state index contributed by atoms with van der Waals surface area (Å²) in [6.07, 6.45) is 0. The molecule has 2 aliphatic heterocycles. The Morgan fingerprint density at radius 1 is 0.406 bits per heavy atom. The number of carbonyl (C=O) groups excluding carboxylic acids is 2. The summed E-state index contributed by atoms with van der Waals surface area (Å²) in [5, 5.41) is 0. The number of allylic oxidation sites excluding steroid dienone is 2. The van der Waals surface area contributed by atoms with Crippen LogP contribution in [0, 0.1) is 0 Å². The molecule has 6 rings (SSSR count). The molecule has 0 fully saturated rings. The summed E-state index contributed by atoms with van der Waals surface area (Å²) in [6.45, 7) is 0. The Morgan fingerprint density at radius 3 is 1.16 bits per heavy atom. The highest BCUT2D eigenvalue weighted by molar-refractivity contribution is 6.30. The van der Waals surface area contributed by atoms with Crippen molar-refractivity contribution in [3.63, 3.8) is 0 Å². The first-order chi connectivity index (χ1) is 15.8. The van der Waals surface area contributed by atoms with Gasteiger partial charge in [0.15, 0.2) is 0 Å². The molecule has 0 aromatic heterocycles. The van der Waals surface area contributed by atoms with Gasteiger partial charge in [0.2, 0.25) is 11.6 Å². The summed E-state index contributed by atoms with van der Waals surface area (Å²) >= 11 is 0. The number of rotatable bonds is 2. The fourth-order valence-corrected chi connectivity index (χ4v) is 4.54. The Balaban J connectivity index is 1.68. The Hall–Kier alpha value is -4.44. The zero-order chi connectivity index (χ0) is 21.7. The van der Waals surface area contributed by atoms with Crippen LogP contribution in [0.25, 0.3) is 0 Å². The van der Waals surface area contributed by atoms with E-state index in [1.54, 1.807) is 0 Å². The molecule has 4 aromatic carbocycles. The monoisotopic (exact) mass is 414 g/mol. The van der Waals surface area contributed by atoms with Gasteiger partial charge in [0.25, 0.3) is 0 Å². The maximum atomic E-state index is 13.8. The van der Waals surface area contributed by atoms with Crippen molar-refractivity contribution in [2.24, 2.45) is 0 Å². The van der Waals surface area contributed by atoms with E-state index in [1.165, 1.54) is 0 Å². The van der Waals surface area contributed by atoms with Gasteiger partial charge in [-0.3, -0.25) is 9.59 Å². The van der Waals surface area contributed by atoms with E-state index in [-0.39, 0.29) is 11.6 Å². The molecule has 4 aromatic rings. The van der Waals surface area contributed by atoms with Crippen molar-refractivity contribution in [1.82, 2.24) is 0 Å². The van der Waals surface area contributed by atoms with Crippen LogP contribution in [0.4, 0.5) is 22.7 Å². The number of para-hydroxylation sites is 4. The van der Waals surface area contributed by atoms with Crippen molar-refractivity contribution in [3.8, 4) is 0 Å². The molecule has 0 N–H and O–H groups in total. The molecule has 4 nitrogen and oxygen atoms in total. The Kier molecular flexibility index (Phi) is 4.05. The number of anilines is 4. The van der Waals surface area contributed by atoms with Crippen molar-refractivity contribution in [1.29, 1.82) is 0 Å². The zero-order valence-corrected chi connectivity index (χ0v) is 17.1. The smallest absolute Gasteiger partial charge is 0.214 e. The summed E-state index contributed by atoms with van der Waals surface area (Å²) < 4.78 is 0. The highest BCUT2D eigenvalue weighted by Gasteiger charge is 2.43. The molecular formula is C28H18N2O2. The fraction of sp³-hybridized carbons (Fsp3) is 0. The van der Waals surface area contributed by atoms with Crippen LogP contribution in [0.5, 0.6) is 0 Å². The number of benzene rings is 4. The first kappa shape index (κ1) is 18.3. The average Bonchev–Trinajstić information content (AvgIpc) is 3.31. The molecule has 0 unspecified atom stereocenters.